The number of fused-ring (bicyclic) bond motifs is 2. The van der Waals surface area contributed by atoms with E-state index < -0.39 is 34.7 Å². The fourth-order valence-electron chi connectivity index (χ4n) is 6.61. The quantitative estimate of drug-likeness (QED) is 0.465. The van der Waals surface area contributed by atoms with Gasteiger partial charge in [-0.2, -0.15) is 0 Å². The van der Waals surface area contributed by atoms with Gasteiger partial charge in [-0.05, 0) is 56.1 Å². The van der Waals surface area contributed by atoms with E-state index >= 15 is 0 Å². The highest BCUT2D eigenvalue weighted by Crippen LogP contribution is 2.68. The van der Waals surface area contributed by atoms with Crippen LogP contribution in [0.4, 0.5) is 0 Å². The Morgan fingerprint density at radius 2 is 1.42 bits per heavy atom. The van der Waals surface area contributed by atoms with Crippen LogP contribution in [0.2, 0.25) is 0 Å². The minimum Gasteiger partial charge on any atom is -0.454 e. The number of carbonyl (C=O) groups is 3. The maximum Gasteiger partial charge on any atom is 0.338 e. The summed E-state index contributed by atoms with van der Waals surface area (Å²) in [4.78, 5) is 39.4. The second-order valence-electron chi connectivity index (χ2n) is 9.77. The zero-order valence-corrected chi connectivity index (χ0v) is 20.0. The second kappa shape index (κ2) is 8.36. The molecule has 4 aliphatic rings. The lowest BCUT2D eigenvalue weighted by molar-refractivity contribution is -0.190. The van der Waals surface area contributed by atoms with E-state index in [9.17, 15) is 14.4 Å². The van der Waals surface area contributed by atoms with Crippen LogP contribution in [0.15, 0.2) is 60.7 Å². The molecule has 7 atom stereocenters. The molecular formula is C27H29O5P. The fourth-order valence-corrected chi connectivity index (χ4v) is 8.15. The second-order valence-corrected chi connectivity index (χ2v) is 11.2. The molecule has 172 valence electrons. The van der Waals surface area contributed by atoms with Gasteiger partial charge in [-0.3, -0.25) is 4.79 Å². The maximum absolute atomic E-state index is 13.2. The minimum absolute atomic E-state index is 0.139. The van der Waals surface area contributed by atoms with Gasteiger partial charge in [0.05, 0.1) is 11.1 Å². The lowest BCUT2D eigenvalue weighted by Gasteiger charge is -2.64. The molecule has 4 fully saturated rings. The molecule has 33 heavy (non-hydrogen) atoms. The Hall–Kier alpha value is -2.52. The third kappa shape index (κ3) is 3.44. The van der Waals surface area contributed by atoms with Gasteiger partial charge in [0.1, 0.15) is 18.0 Å². The van der Waals surface area contributed by atoms with Crippen molar-refractivity contribution in [2.24, 2.45) is 17.3 Å². The van der Waals surface area contributed by atoms with Crippen molar-refractivity contribution in [2.45, 2.75) is 50.0 Å². The van der Waals surface area contributed by atoms with Gasteiger partial charge in [0, 0.05) is 22.9 Å². The Morgan fingerprint density at radius 1 is 0.879 bits per heavy atom. The van der Waals surface area contributed by atoms with Gasteiger partial charge in [0.25, 0.3) is 0 Å². The summed E-state index contributed by atoms with van der Waals surface area (Å²) in [5.41, 5.74) is 0.522. The average Bonchev–Trinajstić information content (AvgIpc) is 3.26. The SMILES string of the molecule is CPC12CCC(C)(C3CCC(=O)C31)C(OC(=O)c1ccccc1)C2OC(=O)c1ccccc1. The van der Waals surface area contributed by atoms with Crippen LogP contribution in [0.5, 0.6) is 0 Å². The van der Waals surface area contributed by atoms with E-state index in [1.54, 1.807) is 48.5 Å². The summed E-state index contributed by atoms with van der Waals surface area (Å²) in [7, 11) is 0.398. The Bertz CT molecular complexity index is 1070. The van der Waals surface area contributed by atoms with E-state index in [1.807, 2.05) is 12.1 Å². The van der Waals surface area contributed by atoms with Gasteiger partial charge in [-0.15, -0.1) is 8.58 Å². The molecule has 4 aliphatic carbocycles. The topological polar surface area (TPSA) is 69.7 Å². The monoisotopic (exact) mass is 464 g/mol. The third-order valence-electron chi connectivity index (χ3n) is 8.32. The molecule has 6 rings (SSSR count). The standard InChI is InChI=1S/C27H29O5P/c1-26-15-16-27(33-2,21-19(26)13-14-20(21)28)23(32-25(30)18-11-7-4-8-12-18)22(26)31-24(29)17-9-5-3-6-10-17/h3-12,19,21-23,33H,13-16H2,1-2H3. The van der Waals surface area contributed by atoms with Crippen molar-refractivity contribution in [1.29, 1.82) is 0 Å². The molecule has 2 bridgehead atoms. The molecule has 0 amide bonds. The number of rotatable bonds is 5. The number of hydrogen-bond acceptors (Lipinski definition) is 5. The van der Waals surface area contributed by atoms with E-state index in [-0.39, 0.29) is 17.6 Å². The fraction of sp³-hybridized carbons (Fsp3) is 0.444. The predicted octanol–water partition coefficient (Wildman–Crippen LogP) is 4.89. The van der Waals surface area contributed by atoms with Crippen LogP contribution in [-0.4, -0.2) is 41.8 Å². The molecule has 2 aromatic rings. The number of carbonyl (C=O) groups excluding carboxylic acids is 3. The van der Waals surface area contributed by atoms with Gasteiger partial charge in [0.2, 0.25) is 0 Å². The Morgan fingerprint density at radius 3 is 1.97 bits per heavy atom. The molecule has 0 aliphatic heterocycles. The Labute approximate surface area is 196 Å². The van der Waals surface area contributed by atoms with Crippen molar-refractivity contribution in [3.05, 3.63) is 71.8 Å². The number of ether oxygens (including phenoxy) is 2. The number of hydrogen-bond donors (Lipinski definition) is 0. The zero-order chi connectivity index (χ0) is 23.2. The molecule has 2 aromatic carbocycles. The van der Waals surface area contributed by atoms with Crippen LogP contribution in [0.1, 0.15) is 53.3 Å². The van der Waals surface area contributed by atoms with Crippen molar-refractivity contribution in [2.75, 3.05) is 6.66 Å². The zero-order valence-electron chi connectivity index (χ0n) is 19.0. The molecule has 4 saturated carbocycles. The highest BCUT2D eigenvalue weighted by atomic mass is 31.1. The van der Waals surface area contributed by atoms with Crippen LogP contribution in [0, 0.1) is 17.3 Å². The summed E-state index contributed by atoms with van der Waals surface area (Å²) < 4.78 is 12.4. The van der Waals surface area contributed by atoms with E-state index in [0.717, 1.165) is 19.3 Å². The maximum atomic E-state index is 13.2. The number of Topliss-reactive ketones (excluding diaryl/α,β-unsaturated/α-hetero) is 1. The normalized spacial score (nSPS) is 34.9. The van der Waals surface area contributed by atoms with E-state index in [4.69, 9.17) is 9.47 Å². The summed E-state index contributed by atoms with van der Waals surface area (Å²) in [5, 5.41) is -0.484. The first kappa shape index (κ1) is 22.3. The molecular weight excluding hydrogens is 435 g/mol. The van der Waals surface area contributed by atoms with Gasteiger partial charge in [-0.25, -0.2) is 9.59 Å². The Balaban J connectivity index is 1.56. The van der Waals surface area contributed by atoms with Crippen LogP contribution in [0.3, 0.4) is 0 Å². The van der Waals surface area contributed by atoms with Crippen LogP contribution in [0.25, 0.3) is 0 Å². The molecule has 7 unspecified atom stereocenters. The first-order valence-corrected chi connectivity index (χ1v) is 13.1. The first-order chi connectivity index (χ1) is 15.9. The predicted molar refractivity (Wildman–Crippen MR) is 127 cm³/mol. The minimum atomic E-state index is -0.650. The summed E-state index contributed by atoms with van der Waals surface area (Å²) in [6, 6.07) is 17.8. The molecule has 0 radical (unpaired) electrons. The largest absolute Gasteiger partial charge is 0.454 e. The molecule has 0 aromatic heterocycles. The van der Waals surface area contributed by atoms with Crippen molar-refractivity contribution < 1.29 is 23.9 Å². The summed E-state index contributed by atoms with van der Waals surface area (Å²) in [5.74, 6) is -0.567. The third-order valence-corrected chi connectivity index (χ3v) is 10.1. The first-order valence-electron chi connectivity index (χ1n) is 11.6. The van der Waals surface area contributed by atoms with Crippen molar-refractivity contribution in [3.63, 3.8) is 0 Å². The van der Waals surface area contributed by atoms with Crippen molar-refractivity contribution in [3.8, 4) is 0 Å². The molecule has 0 N–H and O–H groups in total. The van der Waals surface area contributed by atoms with Gasteiger partial charge >= 0.3 is 11.9 Å². The van der Waals surface area contributed by atoms with Gasteiger partial charge in [0.15, 0.2) is 0 Å². The van der Waals surface area contributed by atoms with Crippen LogP contribution >= 0.6 is 8.58 Å². The lowest BCUT2D eigenvalue weighted by atomic mass is 9.49. The highest BCUT2D eigenvalue weighted by molar-refractivity contribution is 7.39. The Kier molecular flexibility index (Phi) is 5.64. The number of esters is 2. The molecule has 0 spiro atoms. The van der Waals surface area contributed by atoms with Crippen molar-refractivity contribution >= 4 is 26.3 Å². The van der Waals surface area contributed by atoms with E-state index in [0.29, 0.717) is 26.1 Å². The molecule has 5 nitrogen and oxygen atoms in total. The molecule has 0 saturated heterocycles. The average molecular weight is 464 g/mol. The highest BCUT2D eigenvalue weighted by Gasteiger charge is 2.72. The van der Waals surface area contributed by atoms with E-state index in [1.165, 1.54) is 0 Å². The summed E-state index contributed by atoms with van der Waals surface area (Å²) >= 11 is 0. The molecule has 0 heterocycles. The molecule has 6 heteroatoms. The number of ketones is 1. The van der Waals surface area contributed by atoms with Crippen LogP contribution in [-0.2, 0) is 14.3 Å². The number of benzene rings is 2. The van der Waals surface area contributed by atoms with Gasteiger partial charge < -0.3 is 9.47 Å². The smallest absolute Gasteiger partial charge is 0.338 e. The summed E-state index contributed by atoms with van der Waals surface area (Å²) in [6.45, 7) is 4.22. The van der Waals surface area contributed by atoms with Crippen LogP contribution < -0.4 is 0 Å². The summed E-state index contributed by atoms with van der Waals surface area (Å²) in [6.07, 6.45) is 1.78. The van der Waals surface area contributed by atoms with Crippen molar-refractivity contribution in [1.82, 2.24) is 0 Å². The lowest BCUT2D eigenvalue weighted by Crippen LogP contribution is -2.71. The van der Waals surface area contributed by atoms with Gasteiger partial charge in [-0.1, -0.05) is 43.3 Å². The van der Waals surface area contributed by atoms with E-state index in [2.05, 4.69) is 13.6 Å².